The molecule has 2 atom stereocenters. The van der Waals surface area contributed by atoms with Gasteiger partial charge in [0.1, 0.15) is 6.04 Å². The maximum atomic E-state index is 12.2. The highest BCUT2D eigenvalue weighted by Gasteiger charge is 2.24. The summed E-state index contributed by atoms with van der Waals surface area (Å²) in [5.74, 6) is -0.984. The molecule has 0 radical (unpaired) electrons. The standard InChI is InChI=1S/C14H28N2O4/c1-5-7-8-12(13(17)18)15-14(19)16(9-10-20-4)11(3)6-2/h11-12H,5-10H2,1-4H3,(H,15,19)(H,17,18)/t11?,12-/m0/s1. The molecule has 0 fully saturated rings. The molecule has 6 nitrogen and oxygen atoms in total. The smallest absolute Gasteiger partial charge is 0.326 e. The van der Waals surface area contributed by atoms with E-state index in [0.717, 1.165) is 19.3 Å². The number of urea groups is 1. The second kappa shape index (κ2) is 10.5. The molecule has 0 heterocycles. The molecule has 20 heavy (non-hydrogen) atoms. The SMILES string of the molecule is CCCC[C@H](NC(=O)N(CCOC)C(C)CC)C(=O)O. The summed E-state index contributed by atoms with van der Waals surface area (Å²) >= 11 is 0. The van der Waals surface area contributed by atoms with E-state index in [1.807, 2.05) is 20.8 Å². The molecule has 0 aromatic rings. The Morgan fingerprint density at radius 1 is 1.35 bits per heavy atom. The Morgan fingerprint density at radius 2 is 2.00 bits per heavy atom. The largest absolute Gasteiger partial charge is 0.480 e. The van der Waals surface area contributed by atoms with Gasteiger partial charge in [-0.05, 0) is 19.8 Å². The third-order valence-electron chi connectivity index (χ3n) is 3.36. The van der Waals surface area contributed by atoms with Gasteiger partial charge in [0, 0.05) is 19.7 Å². The first-order valence-corrected chi connectivity index (χ1v) is 7.26. The van der Waals surface area contributed by atoms with Gasteiger partial charge in [-0.15, -0.1) is 0 Å². The number of hydrogen-bond donors (Lipinski definition) is 2. The van der Waals surface area contributed by atoms with Crippen LogP contribution in [0.5, 0.6) is 0 Å². The van der Waals surface area contributed by atoms with Gasteiger partial charge in [0.15, 0.2) is 0 Å². The van der Waals surface area contributed by atoms with Crippen molar-refractivity contribution in [3.05, 3.63) is 0 Å². The molecule has 0 aliphatic heterocycles. The molecule has 0 aliphatic rings. The Hall–Kier alpha value is -1.30. The van der Waals surface area contributed by atoms with Crippen molar-refractivity contribution in [2.45, 2.75) is 58.5 Å². The van der Waals surface area contributed by atoms with Gasteiger partial charge in [0.25, 0.3) is 0 Å². The fourth-order valence-electron chi connectivity index (χ4n) is 1.83. The second-order valence-corrected chi connectivity index (χ2v) is 4.93. The Labute approximate surface area is 121 Å². The molecular formula is C14H28N2O4. The predicted octanol–water partition coefficient (Wildman–Crippen LogP) is 2.09. The van der Waals surface area contributed by atoms with E-state index in [2.05, 4.69) is 5.32 Å². The molecule has 0 aliphatic carbocycles. The predicted molar refractivity (Wildman–Crippen MR) is 77.8 cm³/mol. The van der Waals surface area contributed by atoms with Crippen molar-refractivity contribution >= 4 is 12.0 Å². The Balaban J connectivity index is 4.64. The van der Waals surface area contributed by atoms with E-state index in [1.54, 1.807) is 12.0 Å². The molecule has 6 heteroatoms. The summed E-state index contributed by atoms with van der Waals surface area (Å²) in [4.78, 5) is 25.0. The molecule has 0 saturated heterocycles. The molecule has 0 saturated carbocycles. The minimum Gasteiger partial charge on any atom is -0.480 e. The highest BCUT2D eigenvalue weighted by molar-refractivity contribution is 5.82. The summed E-state index contributed by atoms with van der Waals surface area (Å²) in [6, 6.07) is -1.11. The number of carboxylic acid groups (broad SMARTS) is 1. The van der Waals surface area contributed by atoms with E-state index < -0.39 is 12.0 Å². The zero-order chi connectivity index (χ0) is 15.5. The minimum atomic E-state index is -0.984. The summed E-state index contributed by atoms with van der Waals surface area (Å²) in [6.07, 6.45) is 2.94. The number of amides is 2. The summed E-state index contributed by atoms with van der Waals surface area (Å²) in [5.41, 5.74) is 0. The van der Waals surface area contributed by atoms with Gasteiger partial charge in [-0.3, -0.25) is 0 Å². The number of nitrogens with zero attached hydrogens (tertiary/aromatic N) is 1. The molecule has 118 valence electrons. The zero-order valence-electron chi connectivity index (χ0n) is 13.0. The van der Waals surface area contributed by atoms with Crippen LogP contribution in [0.3, 0.4) is 0 Å². The second-order valence-electron chi connectivity index (χ2n) is 4.93. The van der Waals surface area contributed by atoms with Gasteiger partial charge in [0.2, 0.25) is 0 Å². The molecule has 0 rings (SSSR count). The van der Waals surface area contributed by atoms with Gasteiger partial charge < -0.3 is 20.1 Å². The summed E-state index contributed by atoms with van der Waals surface area (Å²) in [6.45, 7) is 6.81. The lowest BCUT2D eigenvalue weighted by Crippen LogP contribution is -2.51. The van der Waals surface area contributed by atoms with Crippen LogP contribution < -0.4 is 5.32 Å². The first kappa shape index (κ1) is 18.7. The highest BCUT2D eigenvalue weighted by Crippen LogP contribution is 2.07. The summed E-state index contributed by atoms with van der Waals surface area (Å²) < 4.78 is 5.00. The van der Waals surface area contributed by atoms with Crippen LogP contribution in [0.4, 0.5) is 4.79 Å². The number of rotatable bonds is 10. The highest BCUT2D eigenvalue weighted by atomic mass is 16.5. The van der Waals surface area contributed by atoms with E-state index in [9.17, 15) is 9.59 Å². The van der Waals surface area contributed by atoms with Gasteiger partial charge in [0.05, 0.1) is 6.61 Å². The molecule has 2 N–H and O–H groups in total. The van der Waals surface area contributed by atoms with Crippen LogP contribution in [0.25, 0.3) is 0 Å². The van der Waals surface area contributed by atoms with Crippen molar-refractivity contribution in [2.75, 3.05) is 20.3 Å². The van der Waals surface area contributed by atoms with Crippen molar-refractivity contribution < 1.29 is 19.4 Å². The first-order valence-electron chi connectivity index (χ1n) is 7.26. The van der Waals surface area contributed by atoms with E-state index in [0.29, 0.717) is 19.6 Å². The monoisotopic (exact) mass is 288 g/mol. The lowest BCUT2D eigenvalue weighted by molar-refractivity contribution is -0.139. The van der Waals surface area contributed by atoms with Crippen LogP contribution in [0.2, 0.25) is 0 Å². The number of carboxylic acids is 1. The third kappa shape index (κ3) is 6.75. The third-order valence-corrected chi connectivity index (χ3v) is 3.36. The van der Waals surface area contributed by atoms with Crippen molar-refractivity contribution in [1.29, 1.82) is 0 Å². The molecule has 0 spiro atoms. The molecule has 2 amide bonds. The Morgan fingerprint density at radius 3 is 2.45 bits per heavy atom. The average Bonchev–Trinajstić information content (AvgIpc) is 2.42. The van der Waals surface area contributed by atoms with E-state index in [-0.39, 0.29) is 12.1 Å². The summed E-state index contributed by atoms with van der Waals surface area (Å²) in [5, 5.41) is 11.8. The van der Waals surface area contributed by atoms with Gasteiger partial charge >= 0.3 is 12.0 Å². The Bertz CT molecular complexity index is 297. The number of nitrogens with one attached hydrogen (secondary N) is 1. The normalized spacial score (nSPS) is 13.6. The maximum absolute atomic E-state index is 12.2. The maximum Gasteiger partial charge on any atom is 0.326 e. The minimum absolute atomic E-state index is 0.0470. The van der Waals surface area contributed by atoms with Crippen LogP contribution in [-0.4, -0.2) is 54.4 Å². The summed E-state index contributed by atoms with van der Waals surface area (Å²) in [7, 11) is 1.58. The van der Waals surface area contributed by atoms with Crippen LogP contribution in [0, 0.1) is 0 Å². The number of aliphatic carboxylic acids is 1. The molecule has 0 aromatic heterocycles. The van der Waals surface area contributed by atoms with E-state index in [4.69, 9.17) is 9.84 Å². The average molecular weight is 288 g/mol. The van der Waals surface area contributed by atoms with Crippen molar-refractivity contribution in [2.24, 2.45) is 0 Å². The van der Waals surface area contributed by atoms with Crippen LogP contribution in [0.15, 0.2) is 0 Å². The lowest BCUT2D eigenvalue weighted by Gasteiger charge is -2.29. The van der Waals surface area contributed by atoms with E-state index in [1.165, 1.54) is 0 Å². The van der Waals surface area contributed by atoms with E-state index >= 15 is 0 Å². The van der Waals surface area contributed by atoms with Gasteiger partial charge in [-0.25, -0.2) is 9.59 Å². The first-order chi connectivity index (χ1) is 9.47. The fraction of sp³-hybridized carbons (Fsp3) is 0.857. The zero-order valence-corrected chi connectivity index (χ0v) is 13.0. The van der Waals surface area contributed by atoms with Crippen molar-refractivity contribution in [1.82, 2.24) is 10.2 Å². The molecule has 0 bridgehead atoms. The van der Waals surface area contributed by atoms with Crippen LogP contribution in [-0.2, 0) is 9.53 Å². The number of unbranched alkanes of at least 4 members (excludes halogenated alkanes) is 1. The molecule has 0 aromatic carbocycles. The fourth-order valence-corrected chi connectivity index (χ4v) is 1.83. The number of hydrogen-bond acceptors (Lipinski definition) is 3. The van der Waals surface area contributed by atoms with Gasteiger partial charge in [-0.1, -0.05) is 26.7 Å². The van der Waals surface area contributed by atoms with Crippen molar-refractivity contribution in [3.8, 4) is 0 Å². The molecule has 1 unspecified atom stereocenters. The van der Waals surface area contributed by atoms with Gasteiger partial charge in [-0.2, -0.15) is 0 Å². The lowest BCUT2D eigenvalue weighted by atomic mass is 10.1. The van der Waals surface area contributed by atoms with Crippen LogP contribution >= 0.6 is 0 Å². The number of ether oxygens (including phenoxy) is 1. The quantitative estimate of drug-likeness (QED) is 0.645. The topological polar surface area (TPSA) is 78.9 Å². The number of carbonyl (C=O) groups excluding carboxylic acids is 1. The van der Waals surface area contributed by atoms with Crippen molar-refractivity contribution in [3.63, 3.8) is 0 Å². The number of methoxy groups -OCH3 is 1. The number of carbonyl (C=O) groups is 2. The van der Waals surface area contributed by atoms with Crippen LogP contribution in [0.1, 0.15) is 46.5 Å². The Kier molecular flexibility index (Phi) is 9.80. The molecular weight excluding hydrogens is 260 g/mol.